The highest BCUT2D eigenvalue weighted by molar-refractivity contribution is 6.39. The van der Waals surface area contributed by atoms with E-state index in [9.17, 15) is 10.1 Å². The van der Waals surface area contributed by atoms with Crippen LogP contribution >= 0.6 is 23.2 Å². The third-order valence-corrected chi connectivity index (χ3v) is 5.56. The zero-order valence-electron chi connectivity index (χ0n) is 17.3. The van der Waals surface area contributed by atoms with E-state index in [0.717, 1.165) is 0 Å². The van der Waals surface area contributed by atoms with E-state index in [4.69, 9.17) is 39.7 Å². The number of nitriles is 1. The zero-order chi connectivity index (χ0) is 23.7. The molecule has 11 nitrogen and oxygen atoms in total. The molecule has 1 unspecified atom stereocenters. The highest BCUT2D eigenvalue weighted by Gasteiger charge is 2.25. The summed E-state index contributed by atoms with van der Waals surface area (Å²) in [7, 11) is 0. The van der Waals surface area contributed by atoms with Crippen LogP contribution in [0, 0.1) is 11.3 Å². The van der Waals surface area contributed by atoms with Crippen molar-refractivity contribution in [2.75, 3.05) is 16.8 Å². The fourth-order valence-electron chi connectivity index (χ4n) is 3.50. The number of nitrogens with zero attached hydrogens (tertiary/aromatic N) is 6. The monoisotopic (exact) mass is 484 g/mol. The Morgan fingerprint density at radius 3 is 2.64 bits per heavy atom. The maximum Gasteiger partial charge on any atom is 0.268 e. The Morgan fingerprint density at radius 2 is 1.97 bits per heavy atom. The summed E-state index contributed by atoms with van der Waals surface area (Å²) in [4.78, 5) is 26.3. The predicted octanol–water partition coefficient (Wildman–Crippen LogP) is 3.19. The molecule has 168 valence electrons. The van der Waals surface area contributed by atoms with Gasteiger partial charge in [-0.15, -0.1) is 0 Å². The number of anilines is 3. The first-order valence-corrected chi connectivity index (χ1v) is 10.6. The normalized spacial score (nSPS) is 11.9. The van der Waals surface area contributed by atoms with E-state index in [2.05, 4.69) is 25.5 Å². The molecule has 33 heavy (non-hydrogen) atoms. The number of hydrogen-bond acceptors (Lipinski definition) is 9. The highest BCUT2D eigenvalue weighted by atomic mass is 35.5. The standard InChI is InChI=1S/C20H18Cl2N10O/c1-2-3-12(27-17-9(8-23)16(24)29-20(25)30-17)18-28-15-11(22)5-4-10(21)14(15)19(33)32(18)13-6-7-26-31-13/h4-7,12H,2-3H2,1H3,(H,26,31)(H5,24,25,27,29,30). The second kappa shape index (κ2) is 8.93. The molecule has 0 aliphatic heterocycles. The summed E-state index contributed by atoms with van der Waals surface area (Å²) in [5, 5.41) is 20.1. The Bertz CT molecular complexity index is 1440. The van der Waals surface area contributed by atoms with Crippen molar-refractivity contribution in [1.82, 2.24) is 29.7 Å². The fourth-order valence-corrected chi connectivity index (χ4v) is 3.94. The maximum atomic E-state index is 13.6. The van der Waals surface area contributed by atoms with Crippen LogP contribution in [0.4, 0.5) is 17.6 Å². The number of nitrogens with one attached hydrogen (secondary N) is 2. The SMILES string of the molecule is CCCC(Nc1nc(N)nc(N)c1C#N)c1nc2c(Cl)ccc(Cl)c2c(=O)n1-c1ccn[nH]1. The van der Waals surface area contributed by atoms with Gasteiger partial charge in [-0.25, -0.2) is 9.55 Å². The first-order chi connectivity index (χ1) is 15.8. The largest absolute Gasteiger partial charge is 0.382 e. The number of aromatic nitrogens is 6. The van der Waals surface area contributed by atoms with Crippen LogP contribution in [0.3, 0.4) is 0 Å². The molecule has 3 aromatic heterocycles. The molecule has 0 aliphatic rings. The second-order valence-corrected chi connectivity index (χ2v) is 7.91. The molecule has 0 fully saturated rings. The van der Waals surface area contributed by atoms with Crippen LogP contribution in [-0.4, -0.2) is 29.7 Å². The first kappa shape index (κ1) is 22.3. The summed E-state index contributed by atoms with van der Waals surface area (Å²) in [6.45, 7) is 1.96. The lowest BCUT2D eigenvalue weighted by Gasteiger charge is -2.23. The average Bonchev–Trinajstić information content (AvgIpc) is 3.29. The molecule has 0 saturated heterocycles. The number of H-pyrrole nitrogens is 1. The van der Waals surface area contributed by atoms with Gasteiger partial charge in [-0.05, 0) is 18.6 Å². The molecule has 0 saturated carbocycles. The van der Waals surface area contributed by atoms with Gasteiger partial charge in [0.1, 0.15) is 29.1 Å². The number of nitrogens with two attached hydrogens (primary N) is 2. The van der Waals surface area contributed by atoms with Crippen molar-refractivity contribution in [3.05, 3.63) is 56.2 Å². The van der Waals surface area contributed by atoms with Gasteiger partial charge in [0.05, 0.1) is 33.2 Å². The minimum absolute atomic E-state index is 0.0302. The van der Waals surface area contributed by atoms with Crippen molar-refractivity contribution in [3.8, 4) is 11.9 Å². The lowest BCUT2D eigenvalue weighted by atomic mass is 10.1. The summed E-state index contributed by atoms with van der Waals surface area (Å²) < 4.78 is 1.37. The first-order valence-electron chi connectivity index (χ1n) is 9.85. The Morgan fingerprint density at radius 1 is 1.21 bits per heavy atom. The third-order valence-electron chi connectivity index (χ3n) is 4.94. The van der Waals surface area contributed by atoms with Crippen LogP contribution in [0.5, 0.6) is 0 Å². The summed E-state index contributed by atoms with van der Waals surface area (Å²) in [5.41, 5.74) is 11.5. The molecule has 0 bridgehead atoms. The molecule has 1 atom stereocenters. The van der Waals surface area contributed by atoms with E-state index < -0.39 is 11.6 Å². The fraction of sp³-hybridized carbons (Fsp3) is 0.200. The Kier molecular flexibility index (Phi) is 6.04. The number of halogens is 2. The molecule has 13 heteroatoms. The summed E-state index contributed by atoms with van der Waals surface area (Å²) in [6.07, 6.45) is 2.73. The summed E-state index contributed by atoms with van der Waals surface area (Å²) in [6, 6.07) is 6.13. The number of hydrogen-bond donors (Lipinski definition) is 4. The van der Waals surface area contributed by atoms with Gasteiger partial charge >= 0.3 is 0 Å². The van der Waals surface area contributed by atoms with E-state index in [1.54, 1.807) is 18.2 Å². The number of nitrogen functional groups attached to an aromatic ring is 2. The van der Waals surface area contributed by atoms with Crippen molar-refractivity contribution in [3.63, 3.8) is 0 Å². The van der Waals surface area contributed by atoms with Gasteiger partial charge in [-0.3, -0.25) is 9.89 Å². The van der Waals surface area contributed by atoms with Gasteiger partial charge in [0.15, 0.2) is 5.82 Å². The average molecular weight is 485 g/mol. The van der Waals surface area contributed by atoms with Crippen molar-refractivity contribution in [2.24, 2.45) is 0 Å². The van der Waals surface area contributed by atoms with Gasteiger partial charge < -0.3 is 16.8 Å². The molecule has 0 spiro atoms. The second-order valence-electron chi connectivity index (χ2n) is 7.09. The Balaban J connectivity index is 2.00. The van der Waals surface area contributed by atoms with Gasteiger partial charge in [0.25, 0.3) is 5.56 Å². The van der Waals surface area contributed by atoms with Gasteiger partial charge in [0.2, 0.25) is 5.95 Å². The molecule has 4 rings (SSSR count). The lowest BCUT2D eigenvalue weighted by Crippen LogP contribution is -2.29. The van der Waals surface area contributed by atoms with E-state index in [-0.39, 0.29) is 44.1 Å². The number of fused-ring (bicyclic) bond motifs is 1. The molecular formula is C20H18Cl2N10O. The molecule has 4 aromatic rings. The van der Waals surface area contributed by atoms with Crippen molar-refractivity contribution in [2.45, 2.75) is 25.8 Å². The van der Waals surface area contributed by atoms with Gasteiger partial charge in [0, 0.05) is 6.07 Å². The van der Waals surface area contributed by atoms with Crippen molar-refractivity contribution < 1.29 is 0 Å². The van der Waals surface area contributed by atoms with E-state index in [1.807, 2.05) is 13.0 Å². The molecule has 0 radical (unpaired) electrons. The molecule has 1 aromatic carbocycles. The summed E-state index contributed by atoms with van der Waals surface area (Å²) in [5.74, 6) is 0.656. The van der Waals surface area contributed by atoms with E-state index >= 15 is 0 Å². The van der Waals surface area contributed by atoms with Crippen LogP contribution in [0.1, 0.15) is 37.2 Å². The zero-order valence-corrected chi connectivity index (χ0v) is 18.8. The number of benzene rings is 1. The molecule has 0 amide bonds. The van der Waals surface area contributed by atoms with E-state index in [0.29, 0.717) is 24.5 Å². The van der Waals surface area contributed by atoms with Crippen LogP contribution in [0.2, 0.25) is 10.0 Å². The number of aromatic amines is 1. The molecule has 6 N–H and O–H groups in total. The quantitative estimate of drug-likeness (QED) is 0.319. The minimum atomic E-state index is -0.591. The molecule has 3 heterocycles. The van der Waals surface area contributed by atoms with Crippen LogP contribution in [-0.2, 0) is 0 Å². The van der Waals surface area contributed by atoms with E-state index in [1.165, 1.54) is 10.8 Å². The number of rotatable bonds is 6. The van der Waals surface area contributed by atoms with Crippen molar-refractivity contribution in [1.29, 1.82) is 5.26 Å². The third kappa shape index (κ3) is 4.02. The Hall–Kier alpha value is -3.88. The van der Waals surface area contributed by atoms with Crippen molar-refractivity contribution >= 4 is 51.7 Å². The molecule has 0 aliphatic carbocycles. The van der Waals surface area contributed by atoms with Gasteiger partial charge in [-0.2, -0.15) is 20.3 Å². The topological polar surface area (TPSA) is 177 Å². The van der Waals surface area contributed by atoms with Gasteiger partial charge in [-0.1, -0.05) is 36.5 Å². The maximum absolute atomic E-state index is 13.6. The smallest absolute Gasteiger partial charge is 0.268 e. The lowest BCUT2D eigenvalue weighted by molar-refractivity contribution is 0.612. The highest BCUT2D eigenvalue weighted by Crippen LogP contribution is 2.31. The van der Waals surface area contributed by atoms with Crippen LogP contribution in [0.25, 0.3) is 16.7 Å². The Labute approximate surface area is 197 Å². The van der Waals surface area contributed by atoms with Crippen LogP contribution < -0.4 is 22.3 Å². The summed E-state index contributed by atoms with van der Waals surface area (Å²) >= 11 is 12.7. The molecular weight excluding hydrogens is 467 g/mol. The minimum Gasteiger partial charge on any atom is -0.382 e. The predicted molar refractivity (Wildman–Crippen MR) is 126 cm³/mol. The van der Waals surface area contributed by atoms with Crippen LogP contribution in [0.15, 0.2) is 29.2 Å².